The van der Waals surface area contributed by atoms with Gasteiger partial charge in [-0.15, -0.1) is 0 Å². The van der Waals surface area contributed by atoms with Crippen molar-refractivity contribution in [1.82, 2.24) is 9.13 Å². The highest BCUT2D eigenvalue weighted by Crippen LogP contribution is 2.43. The van der Waals surface area contributed by atoms with Gasteiger partial charge in [0.05, 0.1) is 27.8 Å². The number of aromatic nitrogens is 2. The first-order valence-electron chi connectivity index (χ1n) is 23.8. The summed E-state index contributed by atoms with van der Waals surface area (Å²) in [7, 11) is -2.96. The van der Waals surface area contributed by atoms with Crippen LogP contribution in [0.3, 0.4) is 0 Å². The molecule has 0 saturated heterocycles. The molecule has 0 bridgehead atoms. The van der Waals surface area contributed by atoms with E-state index in [1.165, 1.54) is 92.2 Å². The molecule has 11 aromatic carbocycles. The molecule has 0 aliphatic rings. The van der Waals surface area contributed by atoms with E-state index in [1.807, 2.05) is 0 Å². The Kier molecular flexibility index (Phi) is 9.88. The van der Waals surface area contributed by atoms with Gasteiger partial charge in [-0.05, 0) is 85.5 Å². The molecule has 2 nitrogen and oxygen atoms in total. The van der Waals surface area contributed by atoms with E-state index in [2.05, 4.69) is 288 Å². The lowest BCUT2D eigenvalue weighted by molar-refractivity contribution is 1.17. The third-order valence-electron chi connectivity index (χ3n) is 14.3. The summed E-state index contributed by atoms with van der Waals surface area (Å²) in [6.45, 7) is 0. The second-order valence-electron chi connectivity index (χ2n) is 18.0. The van der Waals surface area contributed by atoms with Crippen molar-refractivity contribution in [3.8, 4) is 44.8 Å². The number of para-hydroxylation sites is 2. The van der Waals surface area contributed by atoms with Crippen LogP contribution in [-0.2, 0) is 0 Å². The molecule has 0 amide bonds. The lowest BCUT2D eigenvalue weighted by atomic mass is 9.95. The minimum absolute atomic E-state index is 1.13. The lowest BCUT2D eigenvalue weighted by Gasteiger charge is -2.36. The van der Waals surface area contributed by atoms with Crippen LogP contribution >= 0.6 is 0 Å². The van der Waals surface area contributed by atoms with Crippen molar-refractivity contribution in [1.29, 1.82) is 0 Å². The quantitative estimate of drug-likeness (QED) is 0.101. The monoisotopic (exact) mass is 894 g/mol. The largest absolute Gasteiger partial charge is 0.309 e. The van der Waals surface area contributed by atoms with E-state index >= 15 is 0 Å². The van der Waals surface area contributed by atoms with E-state index in [0.717, 1.165) is 16.9 Å². The summed E-state index contributed by atoms with van der Waals surface area (Å²) >= 11 is 0. The molecule has 0 atom stereocenters. The van der Waals surface area contributed by atoms with Crippen LogP contribution in [0, 0.1) is 0 Å². The minimum Gasteiger partial charge on any atom is -0.309 e. The van der Waals surface area contributed by atoms with Gasteiger partial charge in [0.15, 0.2) is 8.07 Å². The Morgan fingerprint density at radius 3 is 1.12 bits per heavy atom. The van der Waals surface area contributed by atoms with Crippen LogP contribution < -0.4 is 20.7 Å². The molecule has 0 radical (unpaired) electrons. The molecule has 13 aromatic rings. The first-order chi connectivity index (χ1) is 34.3. The van der Waals surface area contributed by atoms with Gasteiger partial charge in [-0.3, -0.25) is 0 Å². The highest BCUT2D eigenvalue weighted by atomic mass is 28.3. The fourth-order valence-corrected chi connectivity index (χ4v) is 16.0. The van der Waals surface area contributed by atoms with Crippen LogP contribution in [0.4, 0.5) is 0 Å². The summed E-state index contributed by atoms with van der Waals surface area (Å²) in [4.78, 5) is 0. The Hall–Kier alpha value is -8.76. The Balaban J connectivity index is 1.12. The molecule has 2 heterocycles. The second kappa shape index (κ2) is 16.8. The summed E-state index contributed by atoms with van der Waals surface area (Å²) in [5.41, 5.74) is 14.2. The SMILES string of the molecule is c1ccc(-c2ccc3c(c2)c2ccccc2n3-c2ccc3c(c2)c2ccccc2n3-c2c(-c3ccccc3)cc([Si](c3ccccc3)(c3ccccc3)c3ccccc3)cc2-c2ccccc2)cc1. The molecule has 69 heavy (non-hydrogen) atoms. The summed E-state index contributed by atoms with van der Waals surface area (Å²) in [5.74, 6) is 0. The van der Waals surface area contributed by atoms with Gasteiger partial charge in [0.2, 0.25) is 0 Å². The van der Waals surface area contributed by atoms with Gasteiger partial charge in [0.25, 0.3) is 0 Å². The number of rotatable bonds is 9. The van der Waals surface area contributed by atoms with Gasteiger partial charge in [0.1, 0.15) is 0 Å². The fourth-order valence-electron chi connectivity index (χ4n) is 11.2. The van der Waals surface area contributed by atoms with Crippen LogP contribution in [0.2, 0.25) is 0 Å². The van der Waals surface area contributed by atoms with Crippen molar-refractivity contribution in [3.63, 3.8) is 0 Å². The first-order valence-corrected chi connectivity index (χ1v) is 25.8. The molecule has 2 aromatic heterocycles. The number of nitrogens with zero attached hydrogens (tertiary/aromatic N) is 2. The van der Waals surface area contributed by atoms with E-state index < -0.39 is 8.07 Å². The molecule has 0 aliphatic heterocycles. The molecule has 13 rings (SSSR count). The van der Waals surface area contributed by atoms with Crippen LogP contribution in [-0.4, -0.2) is 17.2 Å². The smallest absolute Gasteiger partial charge is 0.179 e. The maximum atomic E-state index is 2.55. The van der Waals surface area contributed by atoms with Crippen molar-refractivity contribution in [2.75, 3.05) is 0 Å². The van der Waals surface area contributed by atoms with Gasteiger partial charge in [0, 0.05) is 38.4 Å². The van der Waals surface area contributed by atoms with E-state index in [4.69, 9.17) is 0 Å². The van der Waals surface area contributed by atoms with E-state index in [-0.39, 0.29) is 0 Å². The maximum Gasteiger partial charge on any atom is 0.179 e. The molecular weight excluding hydrogens is 849 g/mol. The highest BCUT2D eigenvalue weighted by Gasteiger charge is 2.42. The van der Waals surface area contributed by atoms with Crippen LogP contribution in [0.5, 0.6) is 0 Å². The van der Waals surface area contributed by atoms with Crippen molar-refractivity contribution >= 4 is 72.4 Å². The zero-order valence-electron chi connectivity index (χ0n) is 38.0. The standard InChI is InChI=1S/C66H46N2Si/c1-7-23-47(24-8-1)50-39-41-64-60(43-50)56-35-19-21-37-62(56)67(64)51-40-42-65-61(44-51)57-36-20-22-38-63(57)68(65)66-58(48-25-9-2-10-26-48)45-55(46-59(66)49-27-11-3-12-28-49)69(52-29-13-4-14-30-52,53-31-15-5-16-32-53)54-33-17-6-18-34-54/h1-46H. The van der Waals surface area contributed by atoms with Gasteiger partial charge in [-0.2, -0.15) is 0 Å². The van der Waals surface area contributed by atoms with Crippen LogP contribution in [0.15, 0.2) is 279 Å². The topological polar surface area (TPSA) is 9.86 Å². The molecule has 0 aliphatic carbocycles. The Morgan fingerprint density at radius 2 is 0.609 bits per heavy atom. The summed E-state index contributed by atoms with van der Waals surface area (Å²) in [6, 6.07) is 104. The lowest BCUT2D eigenvalue weighted by Crippen LogP contribution is -2.74. The summed E-state index contributed by atoms with van der Waals surface area (Å²) in [5, 5.41) is 10.3. The average Bonchev–Trinajstić information content (AvgIpc) is 3.94. The van der Waals surface area contributed by atoms with Gasteiger partial charge in [-0.25, -0.2) is 0 Å². The third kappa shape index (κ3) is 6.62. The molecule has 324 valence electrons. The van der Waals surface area contributed by atoms with Crippen molar-refractivity contribution < 1.29 is 0 Å². The fraction of sp³-hybridized carbons (Fsp3) is 0. The highest BCUT2D eigenvalue weighted by molar-refractivity contribution is 7.20. The van der Waals surface area contributed by atoms with Crippen molar-refractivity contribution in [2.24, 2.45) is 0 Å². The van der Waals surface area contributed by atoms with Gasteiger partial charge in [-0.1, -0.05) is 237 Å². The zero-order chi connectivity index (χ0) is 45.7. The van der Waals surface area contributed by atoms with Crippen LogP contribution in [0.25, 0.3) is 88.4 Å². The van der Waals surface area contributed by atoms with Crippen molar-refractivity contribution in [2.45, 2.75) is 0 Å². The molecular formula is C66H46N2Si. The number of benzene rings is 11. The predicted molar refractivity (Wildman–Crippen MR) is 295 cm³/mol. The molecule has 0 saturated carbocycles. The summed E-state index contributed by atoms with van der Waals surface area (Å²) in [6.07, 6.45) is 0. The second-order valence-corrected chi connectivity index (χ2v) is 21.8. The summed E-state index contributed by atoms with van der Waals surface area (Å²) < 4.78 is 5.00. The van der Waals surface area contributed by atoms with E-state index in [9.17, 15) is 0 Å². The number of hydrogen-bond donors (Lipinski definition) is 0. The Morgan fingerprint density at radius 1 is 0.232 bits per heavy atom. The predicted octanol–water partition coefficient (Wildman–Crippen LogP) is 14.3. The van der Waals surface area contributed by atoms with E-state index in [1.54, 1.807) is 0 Å². The molecule has 0 fully saturated rings. The normalized spacial score (nSPS) is 11.8. The molecule has 3 heteroatoms. The molecule has 0 N–H and O–H groups in total. The number of hydrogen-bond acceptors (Lipinski definition) is 0. The van der Waals surface area contributed by atoms with Crippen LogP contribution in [0.1, 0.15) is 0 Å². The molecule has 0 unspecified atom stereocenters. The Bertz CT molecular complexity index is 3820. The third-order valence-corrected chi connectivity index (χ3v) is 19.0. The van der Waals surface area contributed by atoms with Crippen molar-refractivity contribution in [3.05, 3.63) is 279 Å². The maximum absolute atomic E-state index is 2.96. The average molecular weight is 895 g/mol. The van der Waals surface area contributed by atoms with Gasteiger partial charge < -0.3 is 9.13 Å². The van der Waals surface area contributed by atoms with Gasteiger partial charge >= 0.3 is 0 Å². The Labute approximate surface area is 403 Å². The first kappa shape index (κ1) is 40.5. The molecule has 0 spiro atoms. The zero-order valence-corrected chi connectivity index (χ0v) is 39.0. The van der Waals surface area contributed by atoms with E-state index in [0.29, 0.717) is 0 Å². The number of fused-ring (bicyclic) bond motifs is 6. The minimum atomic E-state index is -2.96.